The lowest BCUT2D eigenvalue weighted by Gasteiger charge is -2.30. The molecule has 2 rings (SSSR count). The molecule has 0 aromatic heterocycles. The number of rotatable bonds is 5. The monoisotopic (exact) mass is 299 g/mol. The Morgan fingerprint density at radius 1 is 1.14 bits per heavy atom. The fourth-order valence-corrected chi connectivity index (χ4v) is 3.37. The van der Waals surface area contributed by atoms with E-state index in [1.165, 1.54) is 44.2 Å². The van der Waals surface area contributed by atoms with E-state index in [0.717, 1.165) is 6.42 Å². The molecule has 0 radical (unpaired) electrons. The average Bonchev–Trinajstić information content (AvgIpc) is 2.48. The lowest BCUT2D eigenvalue weighted by Crippen LogP contribution is -2.36. The van der Waals surface area contributed by atoms with Crippen molar-refractivity contribution in [2.45, 2.75) is 64.2 Å². The van der Waals surface area contributed by atoms with E-state index in [1.807, 2.05) is 0 Å². The summed E-state index contributed by atoms with van der Waals surface area (Å²) in [5.74, 6) is 0.613. The van der Waals surface area contributed by atoms with Gasteiger partial charge in [0.2, 0.25) is 0 Å². The smallest absolute Gasteiger partial charge is 0.310 e. The lowest BCUT2D eigenvalue weighted by molar-refractivity contribution is -0.138. The minimum absolute atomic E-state index is 0.296. The number of hydrogen-bond donors (Lipinski definition) is 1. The van der Waals surface area contributed by atoms with Crippen molar-refractivity contribution in [1.82, 2.24) is 5.32 Å². The zero-order chi connectivity index (χ0) is 15.3. The van der Waals surface area contributed by atoms with E-state index in [4.69, 9.17) is 0 Å². The van der Waals surface area contributed by atoms with Crippen LogP contribution in [-0.2, 0) is 12.7 Å². The number of alkyl halides is 3. The molecule has 1 unspecified atom stereocenters. The molecule has 118 valence electrons. The molecule has 0 spiro atoms. The molecule has 0 amide bonds. The van der Waals surface area contributed by atoms with Crippen molar-refractivity contribution >= 4 is 0 Å². The number of halogens is 3. The molecule has 0 saturated heterocycles. The first-order chi connectivity index (χ1) is 10.0. The summed E-state index contributed by atoms with van der Waals surface area (Å²) in [6.07, 6.45) is 2.90. The number of hydrogen-bond acceptors (Lipinski definition) is 1. The first-order valence-electron chi connectivity index (χ1n) is 7.91. The van der Waals surface area contributed by atoms with Gasteiger partial charge < -0.3 is 5.32 Å². The number of benzene rings is 1. The Morgan fingerprint density at radius 3 is 2.43 bits per heavy atom. The van der Waals surface area contributed by atoms with Gasteiger partial charge in [-0.1, -0.05) is 44.4 Å². The van der Waals surface area contributed by atoms with Crippen LogP contribution in [0.15, 0.2) is 24.3 Å². The third kappa shape index (κ3) is 4.47. The van der Waals surface area contributed by atoms with Crippen LogP contribution < -0.4 is 5.32 Å². The van der Waals surface area contributed by atoms with Gasteiger partial charge in [-0.3, -0.25) is 0 Å². The van der Waals surface area contributed by atoms with E-state index in [2.05, 4.69) is 12.2 Å². The maximum absolute atomic E-state index is 13.0. The Balaban J connectivity index is 2.01. The van der Waals surface area contributed by atoms with Gasteiger partial charge in [0, 0.05) is 12.6 Å². The maximum atomic E-state index is 13.0. The van der Waals surface area contributed by atoms with E-state index in [-0.39, 0.29) is 0 Å². The van der Waals surface area contributed by atoms with Crippen LogP contribution in [0.25, 0.3) is 0 Å². The van der Waals surface area contributed by atoms with E-state index in [0.29, 0.717) is 24.1 Å². The molecular formula is C17H24F3N. The molecule has 21 heavy (non-hydrogen) atoms. The van der Waals surface area contributed by atoms with Crippen molar-refractivity contribution in [1.29, 1.82) is 0 Å². The third-order valence-corrected chi connectivity index (χ3v) is 4.54. The molecule has 4 heteroatoms. The highest BCUT2D eigenvalue weighted by Gasteiger charge is 2.33. The van der Waals surface area contributed by atoms with Crippen molar-refractivity contribution in [2.75, 3.05) is 0 Å². The topological polar surface area (TPSA) is 12.0 Å². The first kappa shape index (κ1) is 16.3. The molecular weight excluding hydrogens is 275 g/mol. The van der Waals surface area contributed by atoms with Gasteiger partial charge in [-0.2, -0.15) is 13.2 Å². The zero-order valence-electron chi connectivity index (χ0n) is 12.5. The fourth-order valence-electron chi connectivity index (χ4n) is 3.37. The Bertz CT molecular complexity index is 436. The molecule has 1 N–H and O–H groups in total. The average molecular weight is 299 g/mol. The molecule has 1 fully saturated rings. The van der Waals surface area contributed by atoms with Gasteiger partial charge in [-0.05, 0) is 36.8 Å². The fraction of sp³-hybridized carbons (Fsp3) is 0.647. The summed E-state index contributed by atoms with van der Waals surface area (Å²) in [5, 5.41) is 3.37. The Hall–Kier alpha value is -1.03. The van der Waals surface area contributed by atoms with Crippen molar-refractivity contribution < 1.29 is 13.2 Å². The summed E-state index contributed by atoms with van der Waals surface area (Å²) < 4.78 is 38.9. The molecule has 0 aliphatic heterocycles. The van der Waals surface area contributed by atoms with Crippen molar-refractivity contribution in [3.8, 4) is 0 Å². The quantitative estimate of drug-likeness (QED) is 0.792. The van der Waals surface area contributed by atoms with E-state index < -0.39 is 11.7 Å². The van der Waals surface area contributed by atoms with E-state index in [9.17, 15) is 13.2 Å². The Kier molecular flexibility index (Phi) is 5.68. The predicted octanol–water partition coefficient (Wildman–Crippen LogP) is 5.15. The molecule has 0 heterocycles. The predicted molar refractivity (Wildman–Crippen MR) is 78.9 cm³/mol. The minimum Gasteiger partial charge on any atom is -0.310 e. The van der Waals surface area contributed by atoms with Gasteiger partial charge in [-0.25, -0.2) is 0 Å². The van der Waals surface area contributed by atoms with Gasteiger partial charge in [-0.15, -0.1) is 0 Å². The van der Waals surface area contributed by atoms with Crippen LogP contribution in [0.1, 0.15) is 56.6 Å². The van der Waals surface area contributed by atoms with E-state index >= 15 is 0 Å². The molecule has 0 bridgehead atoms. The van der Waals surface area contributed by atoms with Gasteiger partial charge in [0.1, 0.15) is 0 Å². The molecule has 1 nitrogen and oxygen atoms in total. The molecule has 1 saturated carbocycles. The van der Waals surface area contributed by atoms with Gasteiger partial charge >= 0.3 is 6.18 Å². The zero-order valence-corrected chi connectivity index (χ0v) is 12.5. The van der Waals surface area contributed by atoms with Crippen LogP contribution in [0.5, 0.6) is 0 Å². The van der Waals surface area contributed by atoms with Gasteiger partial charge in [0.15, 0.2) is 0 Å². The highest BCUT2D eigenvalue weighted by atomic mass is 19.4. The van der Waals surface area contributed by atoms with Gasteiger partial charge in [0.25, 0.3) is 0 Å². The van der Waals surface area contributed by atoms with Crippen LogP contribution in [0.2, 0.25) is 0 Å². The maximum Gasteiger partial charge on any atom is 0.416 e. The van der Waals surface area contributed by atoms with Crippen LogP contribution >= 0.6 is 0 Å². The largest absolute Gasteiger partial charge is 0.416 e. The van der Waals surface area contributed by atoms with Crippen molar-refractivity contribution in [3.05, 3.63) is 35.4 Å². The summed E-state index contributed by atoms with van der Waals surface area (Å²) in [6.45, 7) is 2.41. The summed E-state index contributed by atoms with van der Waals surface area (Å²) in [6, 6.07) is 6.19. The molecule has 1 aliphatic carbocycles. The van der Waals surface area contributed by atoms with Crippen LogP contribution in [0.4, 0.5) is 13.2 Å². The summed E-state index contributed by atoms with van der Waals surface area (Å²) in [5.41, 5.74) is -0.171. The van der Waals surface area contributed by atoms with Crippen molar-refractivity contribution in [3.63, 3.8) is 0 Å². The molecule has 1 atom stereocenters. The Morgan fingerprint density at radius 2 is 1.81 bits per heavy atom. The Labute approximate surface area is 124 Å². The summed E-state index contributed by atoms with van der Waals surface area (Å²) in [4.78, 5) is 0. The number of nitrogens with one attached hydrogen (secondary N) is 1. The summed E-state index contributed by atoms with van der Waals surface area (Å²) in [7, 11) is 0. The van der Waals surface area contributed by atoms with Crippen LogP contribution in [0, 0.1) is 5.92 Å². The van der Waals surface area contributed by atoms with Crippen molar-refractivity contribution in [2.24, 2.45) is 5.92 Å². The second kappa shape index (κ2) is 7.30. The summed E-state index contributed by atoms with van der Waals surface area (Å²) >= 11 is 0. The second-order valence-corrected chi connectivity index (χ2v) is 5.95. The lowest BCUT2D eigenvalue weighted by atomic mass is 9.83. The van der Waals surface area contributed by atoms with Crippen LogP contribution in [0.3, 0.4) is 0 Å². The van der Waals surface area contributed by atoms with Gasteiger partial charge in [0.05, 0.1) is 5.56 Å². The molecule has 1 aromatic carbocycles. The minimum atomic E-state index is -4.27. The molecule has 1 aliphatic rings. The highest BCUT2D eigenvalue weighted by molar-refractivity contribution is 5.29. The standard InChI is InChI=1S/C17H24F3N/c1-2-16(13-8-4-3-5-9-13)21-12-14-10-6-7-11-15(14)17(18,19)20/h6-7,10-11,13,16,21H,2-5,8-9,12H2,1H3. The highest BCUT2D eigenvalue weighted by Crippen LogP contribution is 2.32. The first-order valence-corrected chi connectivity index (χ1v) is 7.91. The third-order valence-electron chi connectivity index (χ3n) is 4.54. The SMILES string of the molecule is CCC(NCc1ccccc1C(F)(F)F)C1CCCCC1. The second-order valence-electron chi connectivity index (χ2n) is 5.95. The van der Waals surface area contributed by atoms with Crippen LogP contribution in [-0.4, -0.2) is 6.04 Å². The van der Waals surface area contributed by atoms with E-state index in [1.54, 1.807) is 12.1 Å². The normalized spacial score (nSPS) is 18.7. The molecule has 1 aromatic rings.